The second kappa shape index (κ2) is 9.05. The third-order valence-electron chi connectivity index (χ3n) is 4.31. The number of methoxy groups -OCH3 is 1. The van der Waals surface area contributed by atoms with E-state index in [-0.39, 0.29) is 29.6 Å². The topological polar surface area (TPSA) is 72.9 Å². The second-order valence-electron chi connectivity index (χ2n) is 6.44. The molecule has 0 aliphatic rings. The highest BCUT2D eigenvalue weighted by molar-refractivity contribution is 7.86. The van der Waals surface area contributed by atoms with Gasteiger partial charge in [0.25, 0.3) is 5.91 Å². The fourth-order valence-corrected chi connectivity index (χ4v) is 3.14. The molecule has 2 rings (SSSR count). The van der Waals surface area contributed by atoms with Crippen LogP contribution in [0.2, 0.25) is 0 Å². The maximum atomic E-state index is 14.1. The van der Waals surface area contributed by atoms with Gasteiger partial charge in [-0.15, -0.1) is 0 Å². The fraction of sp³-hybridized carbons (Fsp3) is 0.350. The average molecular weight is 409 g/mol. The van der Waals surface area contributed by atoms with E-state index in [1.54, 1.807) is 23.1 Å². The van der Waals surface area contributed by atoms with Crippen LogP contribution in [0.3, 0.4) is 0 Å². The molecule has 8 heteroatoms. The van der Waals surface area contributed by atoms with E-state index in [4.69, 9.17) is 8.92 Å². The third kappa shape index (κ3) is 5.45. The minimum atomic E-state index is -3.75. The van der Waals surface area contributed by atoms with E-state index >= 15 is 0 Å². The lowest BCUT2D eigenvalue weighted by Gasteiger charge is -2.29. The number of carbonyl (C=O) groups is 1. The molecule has 28 heavy (non-hydrogen) atoms. The third-order valence-corrected chi connectivity index (χ3v) is 4.79. The van der Waals surface area contributed by atoms with Crippen LogP contribution in [0.1, 0.15) is 36.2 Å². The Labute approximate surface area is 165 Å². The molecule has 0 N–H and O–H groups in total. The number of nitrogens with zero attached hydrogens (tertiary/aromatic N) is 1. The van der Waals surface area contributed by atoms with Crippen LogP contribution in [0.5, 0.6) is 11.5 Å². The van der Waals surface area contributed by atoms with Gasteiger partial charge in [-0.2, -0.15) is 8.42 Å². The maximum Gasteiger partial charge on any atom is 0.306 e. The fourth-order valence-electron chi connectivity index (χ4n) is 2.68. The van der Waals surface area contributed by atoms with Crippen molar-refractivity contribution >= 4 is 16.0 Å². The molecule has 2 aromatic carbocycles. The van der Waals surface area contributed by atoms with Gasteiger partial charge in [0.1, 0.15) is 5.82 Å². The molecule has 1 atom stereocenters. The Bertz CT molecular complexity index is 945. The number of hydrogen-bond acceptors (Lipinski definition) is 5. The Morgan fingerprint density at radius 1 is 1.18 bits per heavy atom. The number of carbonyl (C=O) groups excluding carboxylic acids is 1. The van der Waals surface area contributed by atoms with Crippen LogP contribution < -0.4 is 8.92 Å². The van der Waals surface area contributed by atoms with Gasteiger partial charge in [0.15, 0.2) is 11.5 Å². The summed E-state index contributed by atoms with van der Waals surface area (Å²) in [5, 5.41) is 0. The zero-order valence-corrected chi connectivity index (χ0v) is 17.1. The molecule has 0 saturated heterocycles. The highest BCUT2D eigenvalue weighted by Gasteiger charge is 2.24. The molecule has 0 spiro atoms. The lowest BCUT2D eigenvalue weighted by Crippen LogP contribution is -2.38. The van der Waals surface area contributed by atoms with E-state index in [2.05, 4.69) is 0 Å². The van der Waals surface area contributed by atoms with E-state index in [9.17, 15) is 17.6 Å². The monoisotopic (exact) mass is 409 g/mol. The summed E-state index contributed by atoms with van der Waals surface area (Å²) in [7, 11) is -2.35. The number of halogens is 1. The van der Waals surface area contributed by atoms with Gasteiger partial charge >= 0.3 is 10.1 Å². The predicted molar refractivity (Wildman–Crippen MR) is 104 cm³/mol. The Balaban J connectivity index is 2.38. The van der Waals surface area contributed by atoms with Crippen LogP contribution >= 0.6 is 0 Å². The molecule has 0 aliphatic carbocycles. The molecule has 0 fully saturated rings. The van der Waals surface area contributed by atoms with E-state index in [1.165, 1.54) is 31.4 Å². The first-order valence-electron chi connectivity index (χ1n) is 8.78. The molecule has 0 saturated carbocycles. The lowest BCUT2D eigenvalue weighted by atomic mass is 10.1. The van der Waals surface area contributed by atoms with Gasteiger partial charge in [0, 0.05) is 12.6 Å². The lowest BCUT2D eigenvalue weighted by molar-refractivity contribution is 0.0666. The van der Waals surface area contributed by atoms with E-state index in [0.29, 0.717) is 12.0 Å². The van der Waals surface area contributed by atoms with Gasteiger partial charge in [-0.1, -0.05) is 25.1 Å². The zero-order chi connectivity index (χ0) is 20.9. The summed E-state index contributed by atoms with van der Waals surface area (Å²) >= 11 is 0. The van der Waals surface area contributed by atoms with Gasteiger partial charge < -0.3 is 13.8 Å². The minimum Gasteiger partial charge on any atom is -0.493 e. The Morgan fingerprint density at radius 2 is 1.86 bits per heavy atom. The number of amides is 1. The zero-order valence-electron chi connectivity index (χ0n) is 16.3. The standard InChI is InChI=1S/C20H24FNO5S/c1-5-14(2)22(20(23)16-8-6-7-9-17(16)21)13-15-10-11-18(26-3)19(12-15)27-28(4,24)25/h6-12,14H,5,13H2,1-4H3/t14-/m0/s1. The van der Waals surface area contributed by atoms with Crippen LogP contribution in [0.25, 0.3) is 0 Å². The number of hydrogen-bond donors (Lipinski definition) is 0. The Kier molecular flexibility index (Phi) is 7.01. The molecule has 0 heterocycles. The quantitative estimate of drug-likeness (QED) is 0.623. The molecule has 152 valence electrons. The van der Waals surface area contributed by atoms with Crippen molar-refractivity contribution in [3.05, 3.63) is 59.4 Å². The first-order chi connectivity index (χ1) is 13.2. The van der Waals surface area contributed by atoms with E-state index in [1.807, 2.05) is 13.8 Å². The highest BCUT2D eigenvalue weighted by atomic mass is 32.2. The summed E-state index contributed by atoms with van der Waals surface area (Å²) in [5.74, 6) is -0.736. The molecule has 0 unspecified atom stereocenters. The van der Waals surface area contributed by atoms with Crippen molar-refractivity contribution in [2.24, 2.45) is 0 Å². The predicted octanol–water partition coefficient (Wildman–Crippen LogP) is 3.61. The summed E-state index contributed by atoms with van der Waals surface area (Å²) in [4.78, 5) is 14.5. The molecule has 0 aromatic heterocycles. The number of ether oxygens (including phenoxy) is 1. The van der Waals surface area contributed by atoms with Crippen molar-refractivity contribution in [3.63, 3.8) is 0 Å². The van der Waals surface area contributed by atoms with Crippen LogP contribution in [0.4, 0.5) is 4.39 Å². The molecule has 0 radical (unpaired) electrons. The molecule has 0 bridgehead atoms. The minimum absolute atomic E-state index is 0.0103. The normalized spacial score (nSPS) is 12.3. The van der Waals surface area contributed by atoms with Gasteiger partial charge in [-0.25, -0.2) is 4.39 Å². The first kappa shape index (κ1) is 21.7. The Morgan fingerprint density at radius 3 is 2.43 bits per heavy atom. The summed E-state index contributed by atoms with van der Waals surface area (Å²) in [6.07, 6.45) is 1.61. The van der Waals surface area contributed by atoms with Crippen molar-refractivity contribution < 1.29 is 26.5 Å². The molecule has 1 amide bonds. The van der Waals surface area contributed by atoms with E-state index in [0.717, 1.165) is 6.26 Å². The van der Waals surface area contributed by atoms with Gasteiger partial charge in [-0.05, 0) is 43.2 Å². The average Bonchev–Trinajstić information content (AvgIpc) is 2.64. The van der Waals surface area contributed by atoms with Crippen LogP contribution in [-0.2, 0) is 16.7 Å². The SMILES string of the molecule is CC[C@H](C)N(Cc1ccc(OC)c(OS(C)(=O)=O)c1)C(=O)c1ccccc1F. The summed E-state index contributed by atoms with van der Waals surface area (Å²) in [5.41, 5.74) is 0.619. The summed E-state index contributed by atoms with van der Waals surface area (Å²) in [6.45, 7) is 3.96. The molecule has 6 nitrogen and oxygen atoms in total. The smallest absolute Gasteiger partial charge is 0.306 e. The number of rotatable bonds is 8. The summed E-state index contributed by atoms with van der Waals surface area (Å²) in [6, 6.07) is 10.4. The number of benzene rings is 2. The van der Waals surface area contributed by atoms with Crippen molar-refractivity contribution in [1.29, 1.82) is 0 Å². The van der Waals surface area contributed by atoms with Gasteiger partial charge in [-0.3, -0.25) is 4.79 Å². The van der Waals surface area contributed by atoms with Gasteiger partial charge in [0.05, 0.1) is 18.9 Å². The molecule has 2 aromatic rings. The van der Waals surface area contributed by atoms with Crippen molar-refractivity contribution in [2.75, 3.05) is 13.4 Å². The van der Waals surface area contributed by atoms with E-state index < -0.39 is 21.8 Å². The molecular formula is C20H24FNO5S. The highest BCUT2D eigenvalue weighted by Crippen LogP contribution is 2.30. The molecule has 0 aliphatic heterocycles. The van der Waals surface area contributed by atoms with Gasteiger partial charge in [0.2, 0.25) is 0 Å². The Hall–Kier alpha value is -2.61. The van der Waals surface area contributed by atoms with Crippen molar-refractivity contribution in [1.82, 2.24) is 4.90 Å². The maximum absolute atomic E-state index is 14.1. The van der Waals surface area contributed by atoms with Crippen LogP contribution in [0, 0.1) is 5.82 Å². The second-order valence-corrected chi connectivity index (χ2v) is 8.02. The summed E-state index contributed by atoms with van der Waals surface area (Å²) < 4.78 is 47.2. The first-order valence-corrected chi connectivity index (χ1v) is 10.6. The van der Waals surface area contributed by atoms with Crippen molar-refractivity contribution in [3.8, 4) is 11.5 Å². The van der Waals surface area contributed by atoms with Crippen LogP contribution in [-0.4, -0.2) is 38.6 Å². The molecular weight excluding hydrogens is 385 g/mol. The van der Waals surface area contributed by atoms with Crippen LogP contribution in [0.15, 0.2) is 42.5 Å². The largest absolute Gasteiger partial charge is 0.493 e. The van der Waals surface area contributed by atoms with Crippen molar-refractivity contribution in [2.45, 2.75) is 32.9 Å².